The fraction of sp³-hybridized carbons (Fsp3) is 0.316. The molecule has 132 valence electrons. The largest absolute Gasteiger partial charge is 0.376 e. The smallest absolute Gasteiger partial charge is 0.241 e. The number of carbonyl (C=O) groups excluding carboxylic acids is 1. The highest BCUT2D eigenvalue weighted by atomic mass is 79.9. The summed E-state index contributed by atoms with van der Waals surface area (Å²) in [6.45, 7) is 5.18. The van der Waals surface area contributed by atoms with Crippen molar-refractivity contribution in [3.05, 3.63) is 58.3 Å². The van der Waals surface area contributed by atoms with E-state index in [-0.39, 0.29) is 18.3 Å². The van der Waals surface area contributed by atoms with Crippen LogP contribution in [0.2, 0.25) is 0 Å². The van der Waals surface area contributed by atoms with E-state index in [1.165, 1.54) is 12.1 Å². The lowest BCUT2D eigenvalue weighted by Gasteiger charge is -2.36. The number of rotatable bonds is 4. The Bertz CT molecular complexity index is 743. The monoisotopic (exact) mass is 405 g/mol. The quantitative estimate of drug-likeness (QED) is 0.842. The molecule has 1 amide bonds. The molecule has 1 heterocycles. The lowest BCUT2D eigenvalue weighted by molar-refractivity contribution is -0.129. The standard InChI is InChI=1S/C19H21BrFN3O/c1-14-12-16(4-7-18(14)20)22-13-19(25)24-10-8-23(9-11-24)17-5-2-15(21)3-6-17/h2-7,12,22H,8-11,13H2,1H3. The number of halogens is 2. The van der Waals surface area contributed by atoms with Gasteiger partial charge in [0.1, 0.15) is 5.82 Å². The number of hydrogen-bond donors (Lipinski definition) is 1. The first kappa shape index (κ1) is 17.7. The molecule has 0 bridgehead atoms. The summed E-state index contributed by atoms with van der Waals surface area (Å²) in [7, 11) is 0. The van der Waals surface area contributed by atoms with Gasteiger partial charge in [-0.25, -0.2) is 4.39 Å². The Morgan fingerprint density at radius 1 is 1.12 bits per heavy atom. The first-order valence-corrected chi connectivity index (χ1v) is 9.10. The number of benzene rings is 2. The summed E-state index contributed by atoms with van der Waals surface area (Å²) in [5.74, 6) is -0.133. The molecule has 0 radical (unpaired) electrons. The van der Waals surface area contributed by atoms with E-state index in [2.05, 4.69) is 26.1 Å². The number of carbonyl (C=O) groups is 1. The average Bonchev–Trinajstić information content (AvgIpc) is 2.63. The van der Waals surface area contributed by atoms with E-state index in [0.29, 0.717) is 13.1 Å². The zero-order valence-corrected chi connectivity index (χ0v) is 15.7. The van der Waals surface area contributed by atoms with Gasteiger partial charge in [0.25, 0.3) is 0 Å². The summed E-state index contributed by atoms with van der Waals surface area (Å²) in [5.41, 5.74) is 3.07. The summed E-state index contributed by atoms with van der Waals surface area (Å²) >= 11 is 3.47. The normalized spacial score (nSPS) is 14.5. The van der Waals surface area contributed by atoms with Gasteiger partial charge in [0.05, 0.1) is 6.54 Å². The van der Waals surface area contributed by atoms with Crippen LogP contribution in [0.5, 0.6) is 0 Å². The van der Waals surface area contributed by atoms with Crippen LogP contribution < -0.4 is 10.2 Å². The second-order valence-electron chi connectivity index (χ2n) is 6.16. The predicted octanol–water partition coefficient (Wildman–Crippen LogP) is 3.66. The minimum absolute atomic E-state index is 0.0966. The molecule has 6 heteroatoms. The van der Waals surface area contributed by atoms with Crippen molar-refractivity contribution in [1.29, 1.82) is 0 Å². The molecule has 0 spiro atoms. The van der Waals surface area contributed by atoms with Crippen LogP contribution in [0.4, 0.5) is 15.8 Å². The molecule has 0 unspecified atom stereocenters. The molecule has 1 aliphatic rings. The Balaban J connectivity index is 1.49. The van der Waals surface area contributed by atoms with Crippen LogP contribution in [-0.2, 0) is 4.79 Å². The SMILES string of the molecule is Cc1cc(NCC(=O)N2CCN(c3ccc(F)cc3)CC2)ccc1Br. The highest BCUT2D eigenvalue weighted by molar-refractivity contribution is 9.10. The number of nitrogens with zero attached hydrogens (tertiary/aromatic N) is 2. The highest BCUT2D eigenvalue weighted by Gasteiger charge is 2.21. The van der Waals surface area contributed by atoms with Crippen LogP contribution in [0, 0.1) is 12.7 Å². The minimum atomic E-state index is -0.230. The first-order valence-electron chi connectivity index (χ1n) is 8.31. The van der Waals surface area contributed by atoms with Crippen molar-refractivity contribution in [3.8, 4) is 0 Å². The number of amides is 1. The molecule has 1 saturated heterocycles. The van der Waals surface area contributed by atoms with E-state index < -0.39 is 0 Å². The maximum atomic E-state index is 13.0. The summed E-state index contributed by atoms with van der Waals surface area (Å²) in [4.78, 5) is 16.4. The summed E-state index contributed by atoms with van der Waals surface area (Å²) in [6.07, 6.45) is 0. The van der Waals surface area contributed by atoms with Crippen molar-refractivity contribution >= 4 is 33.2 Å². The number of nitrogens with one attached hydrogen (secondary N) is 1. The number of aryl methyl sites for hydroxylation is 1. The van der Waals surface area contributed by atoms with Gasteiger partial charge in [-0.15, -0.1) is 0 Å². The molecule has 4 nitrogen and oxygen atoms in total. The first-order chi connectivity index (χ1) is 12.0. The van der Waals surface area contributed by atoms with Gasteiger partial charge in [-0.1, -0.05) is 15.9 Å². The van der Waals surface area contributed by atoms with Crippen LogP contribution >= 0.6 is 15.9 Å². The van der Waals surface area contributed by atoms with Crippen molar-refractivity contribution in [1.82, 2.24) is 4.90 Å². The second kappa shape index (κ2) is 7.87. The lowest BCUT2D eigenvalue weighted by atomic mass is 10.2. The van der Waals surface area contributed by atoms with Crippen LogP contribution in [0.15, 0.2) is 46.9 Å². The number of piperazine rings is 1. The van der Waals surface area contributed by atoms with Gasteiger partial charge in [0, 0.05) is 42.0 Å². The van der Waals surface area contributed by atoms with E-state index in [1.807, 2.05) is 30.0 Å². The Hall–Kier alpha value is -2.08. The lowest BCUT2D eigenvalue weighted by Crippen LogP contribution is -2.50. The molecule has 0 aliphatic carbocycles. The molecule has 0 atom stereocenters. The Labute approximate surface area is 155 Å². The summed E-state index contributed by atoms with van der Waals surface area (Å²) in [5, 5.41) is 3.19. The highest BCUT2D eigenvalue weighted by Crippen LogP contribution is 2.20. The Kier molecular flexibility index (Phi) is 5.58. The Morgan fingerprint density at radius 3 is 2.44 bits per heavy atom. The van der Waals surface area contributed by atoms with Gasteiger partial charge < -0.3 is 15.1 Å². The third-order valence-electron chi connectivity index (χ3n) is 4.43. The summed E-state index contributed by atoms with van der Waals surface area (Å²) in [6, 6.07) is 12.5. The fourth-order valence-corrected chi connectivity index (χ4v) is 3.16. The molecule has 1 N–H and O–H groups in total. The van der Waals surface area contributed by atoms with Crippen molar-refractivity contribution in [2.24, 2.45) is 0 Å². The topological polar surface area (TPSA) is 35.6 Å². The molecule has 0 saturated carbocycles. The maximum absolute atomic E-state index is 13.0. The van der Waals surface area contributed by atoms with Gasteiger partial charge in [-0.3, -0.25) is 4.79 Å². The van der Waals surface area contributed by atoms with E-state index in [0.717, 1.165) is 34.5 Å². The zero-order valence-electron chi connectivity index (χ0n) is 14.1. The molecular weight excluding hydrogens is 385 g/mol. The van der Waals surface area contributed by atoms with E-state index in [4.69, 9.17) is 0 Å². The second-order valence-corrected chi connectivity index (χ2v) is 7.02. The third kappa shape index (κ3) is 4.51. The third-order valence-corrected chi connectivity index (χ3v) is 5.32. The van der Waals surface area contributed by atoms with Crippen LogP contribution in [0.1, 0.15) is 5.56 Å². The van der Waals surface area contributed by atoms with Gasteiger partial charge >= 0.3 is 0 Å². The molecule has 25 heavy (non-hydrogen) atoms. The molecule has 0 aromatic heterocycles. The summed E-state index contributed by atoms with van der Waals surface area (Å²) < 4.78 is 14.1. The van der Waals surface area contributed by atoms with Crippen LogP contribution in [0.3, 0.4) is 0 Å². The molecule has 2 aromatic rings. The van der Waals surface area contributed by atoms with Crippen molar-refractivity contribution in [3.63, 3.8) is 0 Å². The zero-order chi connectivity index (χ0) is 17.8. The van der Waals surface area contributed by atoms with Crippen molar-refractivity contribution in [2.45, 2.75) is 6.92 Å². The van der Waals surface area contributed by atoms with Crippen LogP contribution in [-0.4, -0.2) is 43.5 Å². The van der Waals surface area contributed by atoms with Gasteiger partial charge in [-0.2, -0.15) is 0 Å². The van der Waals surface area contributed by atoms with E-state index >= 15 is 0 Å². The molecule has 3 rings (SSSR count). The number of anilines is 2. The maximum Gasteiger partial charge on any atom is 0.241 e. The molecule has 2 aromatic carbocycles. The van der Waals surface area contributed by atoms with Crippen LogP contribution in [0.25, 0.3) is 0 Å². The average molecular weight is 406 g/mol. The van der Waals surface area contributed by atoms with E-state index in [9.17, 15) is 9.18 Å². The minimum Gasteiger partial charge on any atom is -0.376 e. The van der Waals surface area contributed by atoms with Crippen molar-refractivity contribution < 1.29 is 9.18 Å². The van der Waals surface area contributed by atoms with Gasteiger partial charge in [0.2, 0.25) is 5.91 Å². The Morgan fingerprint density at radius 2 is 1.80 bits per heavy atom. The molecular formula is C19H21BrFN3O. The molecule has 1 fully saturated rings. The van der Waals surface area contributed by atoms with Crippen molar-refractivity contribution in [2.75, 3.05) is 42.9 Å². The number of hydrogen-bond acceptors (Lipinski definition) is 3. The van der Waals surface area contributed by atoms with Gasteiger partial charge in [-0.05, 0) is 55.0 Å². The molecule has 1 aliphatic heterocycles. The fourth-order valence-electron chi connectivity index (χ4n) is 2.91. The van der Waals surface area contributed by atoms with Gasteiger partial charge in [0.15, 0.2) is 0 Å². The van der Waals surface area contributed by atoms with E-state index in [1.54, 1.807) is 12.1 Å². The predicted molar refractivity (Wildman–Crippen MR) is 103 cm³/mol.